The van der Waals surface area contributed by atoms with Gasteiger partial charge in [-0.2, -0.15) is 10.1 Å². The van der Waals surface area contributed by atoms with Gasteiger partial charge in [0.2, 0.25) is 5.82 Å². The Morgan fingerprint density at radius 2 is 1.90 bits per heavy atom. The number of guanidine groups is 1. The molecule has 3 heterocycles. The zero-order valence-corrected chi connectivity index (χ0v) is 20.7. The number of aryl methyl sites for hydroxylation is 1. The van der Waals surface area contributed by atoms with Crippen LogP contribution in [-0.2, 0) is 11.8 Å². The molecule has 1 aliphatic rings. The van der Waals surface area contributed by atoms with Gasteiger partial charge in [0, 0.05) is 24.4 Å². The van der Waals surface area contributed by atoms with Gasteiger partial charge in [-0.05, 0) is 28.5 Å². The molecule has 0 radical (unpaired) electrons. The number of amides is 2. The lowest BCUT2D eigenvalue weighted by atomic mass is 9.99. The summed E-state index contributed by atoms with van der Waals surface area (Å²) in [7, 11) is 1.88. The number of aliphatic hydroxyl groups is 3. The minimum absolute atomic E-state index is 0.220. The van der Waals surface area contributed by atoms with Crippen molar-refractivity contribution in [2.24, 2.45) is 29.2 Å². The van der Waals surface area contributed by atoms with Crippen molar-refractivity contribution in [2.75, 3.05) is 6.61 Å². The highest BCUT2D eigenvalue weighted by atomic mass is 16.6. The molecular formula is C24H27N9O6. The van der Waals surface area contributed by atoms with E-state index >= 15 is 0 Å². The van der Waals surface area contributed by atoms with Crippen LogP contribution in [0.25, 0.3) is 21.9 Å². The zero-order valence-electron chi connectivity index (χ0n) is 20.7. The summed E-state index contributed by atoms with van der Waals surface area (Å²) in [5, 5.41) is 38.0. The minimum atomic E-state index is -1.27. The number of aromatic nitrogens is 5. The number of benzene rings is 2. The van der Waals surface area contributed by atoms with E-state index in [1.807, 2.05) is 43.7 Å². The summed E-state index contributed by atoms with van der Waals surface area (Å²) in [4.78, 5) is 29.9. The smallest absolute Gasteiger partial charge is 0.288 e. The van der Waals surface area contributed by atoms with E-state index in [1.54, 1.807) is 16.8 Å². The number of ether oxygens (including phenoxy) is 1. The molecule has 1 fully saturated rings. The predicted octanol–water partition coefficient (Wildman–Crippen LogP) is -1.36. The Morgan fingerprint density at radius 3 is 2.49 bits per heavy atom. The summed E-state index contributed by atoms with van der Waals surface area (Å²) in [5.41, 5.74) is 18.0. The van der Waals surface area contributed by atoms with E-state index in [1.165, 1.54) is 0 Å². The number of nitrogens with two attached hydrogens (primary N) is 3. The van der Waals surface area contributed by atoms with Gasteiger partial charge in [0.15, 0.2) is 12.2 Å². The standard InChI is InChI=1S/C16H15N5O.C8H12N4O5/c1-21-9-12(8-19-21)13-4-2-3-10-7-11(5-6-14(10)13)15(22)20-16(17)18;9-6(16)7-10-2-12(11-7)8-5(15)4(14)3(1-13)17-8/h2-9H,1H3,(H4,17,18,20,22);2-5,8,13-15H,1H2,(H2,9,16)/t;3-,4-,5-,8-/m.1/s1. The van der Waals surface area contributed by atoms with Crippen molar-refractivity contribution in [3.63, 3.8) is 0 Å². The molecule has 2 amide bonds. The summed E-state index contributed by atoms with van der Waals surface area (Å²) in [6.45, 7) is -0.438. The highest BCUT2D eigenvalue weighted by Crippen LogP contribution is 2.29. The van der Waals surface area contributed by atoms with Crippen LogP contribution in [0.3, 0.4) is 0 Å². The summed E-state index contributed by atoms with van der Waals surface area (Å²) in [6.07, 6.45) is 0.501. The fraction of sp³-hybridized carbons (Fsp3) is 0.250. The lowest BCUT2D eigenvalue weighted by molar-refractivity contribution is -0.0588. The molecule has 4 atom stereocenters. The first kappa shape index (κ1) is 27.3. The van der Waals surface area contributed by atoms with E-state index in [0.29, 0.717) is 5.56 Å². The highest BCUT2D eigenvalue weighted by Gasteiger charge is 2.44. The van der Waals surface area contributed by atoms with Crippen molar-refractivity contribution in [2.45, 2.75) is 24.5 Å². The number of aliphatic imine (C=N–C) groups is 1. The first-order valence-electron chi connectivity index (χ1n) is 11.6. The molecule has 5 rings (SSSR count). The Balaban J connectivity index is 0.000000187. The fourth-order valence-corrected chi connectivity index (χ4v) is 4.02. The molecule has 0 spiro atoms. The van der Waals surface area contributed by atoms with Gasteiger partial charge in [0.25, 0.3) is 11.8 Å². The van der Waals surface area contributed by atoms with Crippen molar-refractivity contribution in [3.8, 4) is 11.1 Å². The molecule has 15 heteroatoms. The normalized spacial score (nSPS) is 20.3. The SMILES string of the molecule is Cn1cc(-c2cccc3cc(C(=O)N=C(N)N)ccc23)cn1.NC(=O)c1ncn([C@@H]2O[C@H](CO)[C@@H](O)[C@H]2O)n1. The van der Waals surface area contributed by atoms with Gasteiger partial charge in [0.05, 0.1) is 12.8 Å². The monoisotopic (exact) mass is 537 g/mol. The Labute approximate surface area is 221 Å². The molecule has 0 unspecified atom stereocenters. The second-order valence-corrected chi connectivity index (χ2v) is 8.63. The molecule has 2 aromatic carbocycles. The lowest BCUT2D eigenvalue weighted by Gasteiger charge is -2.13. The summed E-state index contributed by atoms with van der Waals surface area (Å²) < 4.78 is 8.00. The molecule has 4 aromatic rings. The first-order valence-corrected chi connectivity index (χ1v) is 11.6. The van der Waals surface area contributed by atoms with Crippen LogP contribution in [0.1, 0.15) is 27.2 Å². The first-order chi connectivity index (χ1) is 18.6. The predicted molar refractivity (Wildman–Crippen MR) is 138 cm³/mol. The lowest BCUT2D eigenvalue weighted by Crippen LogP contribution is -2.33. The minimum Gasteiger partial charge on any atom is -0.394 e. The van der Waals surface area contributed by atoms with Crippen LogP contribution in [-0.4, -0.2) is 82.6 Å². The summed E-state index contributed by atoms with van der Waals surface area (Å²) >= 11 is 0. The molecule has 0 bridgehead atoms. The third-order valence-corrected chi connectivity index (χ3v) is 5.88. The summed E-state index contributed by atoms with van der Waals surface area (Å²) in [5.74, 6) is -1.72. The Morgan fingerprint density at radius 1 is 1.13 bits per heavy atom. The molecule has 15 nitrogen and oxygen atoms in total. The molecule has 0 saturated carbocycles. The van der Waals surface area contributed by atoms with Crippen molar-refractivity contribution >= 4 is 28.5 Å². The van der Waals surface area contributed by atoms with Gasteiger partial charge in [-0.1, -0.05) is 24.3 Å². The summed E-state index contributed by atoms with van der Waals surface area (Å²) in [6, 6.07) is 11.3. The molecular weight excluding hydrogens is 510 g/mol. The average molecular weight is 538 g/mol. The van der Waals surface area contributed by atoms with E-state index in [2.05, 4.69) is 20.2 Å². The Kier molecular flexibility index (Phi) is 7.96. The van der Waals surface area contributed by atoms with E-state index in [9.17, 15) is 19.8 Å². The van der Waals surface area contributed by atoms with Crippen molar-refractivity contribution < 1.29 is 29.6 Å². The van der Waals surface area contributed by atoms with Crippen LogP contribution in [0, 0.1) is 0 Å². The van der Waals surface area contributed by atoms with Crippen LogP contribution >= 0.6 is 0 Å². The van der Waals surface area contributed by atoms with Gasteiger partial charge in [-0.25, -0.2) is 9.67 Å². The quantitative estimate of drug-likeness (QED) is 0.128. The number of hydrogen-bond donors (Lipinski definition) is 6. The third-order valence-electron chi connectivity index (χ3n) is 5.88. The van der Waals surface area contributed by atoms with E-state index < -0.39 is 43.0 Å². The number of carbonyl (C=O) groups excluding carboxylic acids is 2. The van der Waals surface area contributed by atoms with E-state index in [4.69, 9.17) is 27.0 Å². The van der Waals surface area contributed by atoms with Crippen molar-refractivity contribution in [1.29, 1.82) is 0 Å². The molecule has 39 heavy (non-hydrogen) atoms. The van der Waals surface area contributed by atoms with Crippen LogP contribution in [0.4, 0.5) is 0 Å². The third kappa shape index (κ3) is 5.91. The number of primary amides is 1. The van der Waals surface area contributed by atoms with Gasteiger partial charge >= 0.3 is 0 Å². The average Bonchev–Trinajstić information content (AvgIpc) is 3.63. The maximum Gasteiger partial charge on any atom is 0.288 e. The zero-order chi connectivity index (χ0) is 28.3. The molecule has 2 aromatic heterocycles. The van der Waals surface area contributed by atoms with Gasteiger partial charge < -0.3 is 37.3 Å². The molecule has 204 valence electrons. The molecule has 1 saturated heterocycles. The van der Waals surface area contributed by atoms with Gasteiger partial charge in [-0.3, -0.25) is 14.3 Å². The molecule has 9 N–H and O–H groups in total. The number of aliphatic hydroxyl groups excluding tert-OH is 3. The Hall–Kier alpha value is -4.70. The number of nitrogens with zero attached hydrogens (tertiary/aromatic N) is 6. The molecule has 0 aliphatic carbocycles. The van der Waals surface area contributed by atoms with Crippen molar-refractivity contribution in [3.05, 3.63) is 66.5 Å². The van der Waals surface area contributed by atoms with Gasteiger partial charge in [0.1, 0.15) is 24.6 Å². The maximum absolute atomic E-state index is 11.9. The number of carbonyl (C=O) groups is 2. The second kappa shape index (κ2) is 11.4. The van der Waals surface area contributed by atoms with Crippen LogP contribution in [0.15, 0.2) is 60.1 Å². The van der Waals surface area contributed by atoms with E-state index in [-0.39, 0.29) is 11.8 Å². The maximum atomic E-state index is 11.9. The van der Waals surface area contributed by atoms with Crippen LogP contribution in [0.2, 0.25) is 0 Å². The van der Waals surface area contributed by atoms with Crippen LogP contribution < -0.4 is 17.2 Å². The number of fused-ring (bicyclic) bond motifs is 1. The van der Waals surface area contributed by atoms with Crippen LogP contribution in [0.5, 0.6) is 0 Å². The fourth-order valence-electron chi connectivity index (χ4n) is 4.02. The molecule has 1 aliphatic heterocycles. The van der Waals surface area contributed by atoms with Crippen molar-refractivity contribution in [1.82, 2.24) is 24.5 Å². The second-order valence-electron chi connectivity index (χ2n) is 8.63. The topological polar surface area (TPSA) is 243 Å². The van der Waals surface area contributed by atoms with E-state index in [0.717, 1.165) is 32.9 Å². The Bertz CT molecular complexity index is 1530. The largest absolute Gasteiger partial charge is 0.394 e. The highest BCUT2D eigenvalue weighted by molar-refractivity contribution is 6.06. The number of rotatable bonds is 5. The van der Waals surface area contributed by atoms with Gasteiger partial charge in [-0.15, -0.1) is 5.10 Å². The number of hydrogen-bond acceptors (Lipinski definition) is 9.